The van der Waals surface area contributed by atoms with Gasteiger partial charge in [-0.15, -0.1) is 6.58 Å². The maximum absolute atomic E-state index is 3.98. The molecule has 0 unspecified atom stereocenters. The molecule has 1 heterocycles. The second kappa shape index (κ2) is 4.17. The molecule has 2 rings (SSSR count). The zero-order chi connectivity index (χ0) is 11.7. The van der Waals surface area contributed by atoms with E-state index in [9.17, 15) is 0 Å². The summed E-state index contributed by atoms with van der Waals surface area (Å²) in [5.74, 6) is 0. The first kappa shape index (κ1) is 11.0. The molecule has 16 heavy (non-hydrogen) atoms. The Hall–Kier alpha value is -1.50. The molecule has 0 amide bonds. The fourth-order valence-corrected chi connectivity index (χ4v) is 2.25. The van der Waals surface area contributed by atoms with Crippen LogP contribution in [0.1, 0.15) is 24.6 Å². The van der Waals surface area contributed by atoms with Gasteiger partial charge in [-0.25, -0.2) is 0 Å². The minimum atomic E-state index is 1.08. The van der Waals surface area contributed by atoms with Gasteiger partial charge in [0.25, 0.3) is 0 Å². The number of benzene rings is 1. The average molecular weight is 213 g/mol. The van der Waals surface area contributed by atoms with Crippen LogP contribution in [-0.4, -0.2) is 4.57 Å². The van der Waals surface area contributed by atoms with Crippen LogP contribution in [0, 0.1) is 6.92 Å². The summed E-state index contributed by atoms with van der Waals surface area (Å²) in [5.41, 5.74) is 5.44. The Morgan fingerprint density at radius 2 is 2.00 bits per heavy atom. The minimum Gasteiger partial charge on any atom is -0.348 e. The maximum Gasteiger partial charge on any atom is 0.0482 e. The second-order valence-corrected chi connectivity index (χ2v) is 4.60. The van der Waals surface area contributed by atoms with Gasteiger partial charge in [0.1, 0.15) is 0 Å². The van der Waals surface area contributed by atoms with Gasteiger partial charge in [0.15, 0.2) is 0 Å². The van der Waals surface area contributed by atoms with Crippen molar-refractivity contribution in [1.29, 1.82) is 0 Å². The van der Waals surface area contributed by atoms with E-state index in [-0.39, 0.29) is 0 Å². The fourth-order valence-electron chi connectivity index (χ4n) is 2.25. The molecule has 0 saturated heterocycles. The summed E-state index contributed by atoms with van der Waals surface area (Å²) in [5, 5.41) is 1.39. The van der Waals surface area contributed by atoms with Crippen molar-refractivity contribution in [2.24, 2.45) is 7.05 Å². The Balaban J connectivity index is 2.51. The zero-order valence-electron chi connectivity index (χ0n) is 10.4. The summed E-state index contributed by atoms with van der Waals surface area (Å²) in [6, 6.07) is 8.62. The molecule has 0 N–H and O–H groups in total. The van der Waals surface area contributed by atoms with Gasteiger partial charge in [0.05, 0.1) is 0 Å². The third-order valence-electron chi connectivity index (χ3n) is 3.33. The normalized spacial score (nSPS) is 10.9. The van der Waals surface area contributed by atoms with Crippen LogP contribution in [0.15, 0.2) is 36.4 Å². The Kier molecular flexibility index (Phi) is 2.86. The van der Waals surface area contributed by atoms with E-state index in [0.717, 1.165) is 12.8 Å². The summed E-state index contributed by atoms with van der Waals surface area (Å²) in [7, 11) is 2.14. The lowest BCUT2D eigenvalue weighted by Crippen LogP contribution is -1.93. The van der Waals surface area contributed by atoms with Crippen LogP contribution in [0.5, 0.6) is 0 Å². The van der Waals surface area contributed by atoms with E-state index in [0.29, 0.717) is 0 Å². The predicted octanol–water partition coefficient (Wildman–Crippen LogP) is 4.00. The largest absolute Gasteiger partial charge is 0.348 e. The lowest BCUT2D eigenvalue weighted by Gasteiger charge is -2.02. The van der Waals surface area contributed by atoms with Crippen LogP contribution in [0.4, 0.5) is 0 Å². The second-order valence-electron chi connectivity index (χ2n) is 4.60. The molecule has 1 heteroatoms. The summed E-state index contributed by atoms with van der Waals surface area (Å²) >= 11 is 0. The number of nitrogens with zero attached hydrogens (tertiary/aromatic N) is 1. The van der Waals surface area contributed by atoms with Crippen LogP contribution >= 0.6 is 0 Å². The van der Waals surface area contributed by atoms with Crippen molar-refractivity contribution in [1.82, 2.24) is 4.57 Å². The summed E-state index contributed by atoms with van der Waals surface area (Å²) in [6.45, 7) is 8.28. The Morgan fingerprint density at radius 1 is 1.31 bits per heavy atom. The molecule has 0 saturated carbocycles. The van der Waals surface area contributed by atoms with Crippen molar-refractivity contribution < 1.29 is 0 Å². The first-order valence-electron chi connectivity index (χ1n) is 5.78. The molecule has 0 fully saturated rings. The molecule has 0 radical (unpaired) electrons. The highest BCUT2D eigenvalue weighted by Gasteiger charge is 2.10. The van der Waals surface area contributed by atoms with E-state index in [4.69, 9.17) is 0 Å². The van der Waals surface area contributed by atoms with E-state index in [1.54, 1.807) is 0 Å². The standard InChI is InChI=1S/C15H19N/c1-11(2)9-10-13-12(3)16(4)15-8-6-5-7-14(13)15/h5-8H,1,9-10H2,2-4H3. The molecule has 0 aliphatic heterocycles. The minimum absolute atomic E-state index is 1.08. The molecular weight excluding hydrogens is 194 g/mol. The molecule has 0 bridgehead atoms. The van der Waals surface area contributed by atoms with Gasteiger partial charge in [0, 0.05) is 23.6 Å². The van der Waals surface area contributed by atoms with Crippen LogP contribution in [0.3, 0.4) is 0 Å². The van der Waals surface area contributed by atoms with Gasteiger partial charge in [-0.3, -0.25) is 0 Å². The van der Waals surface area contributed by atoms with Gasteiger partial charge < -0.3 is 4.57 Å². The number of allylic oxidation sites excluding steroid dienone is 1. The Bertz CT molecular complexity index is 532. The van der Waals surface area contributed by atoms with Gasteiger partial charge in [-0.05, 0) is 38.3 Å². The maximum atomic E-state index is 3.98. The van der Waals surface area contributed by atoms with Crippen LogP contribution in [0.25, 0.3) is 10.9 Å². The topological polar surface area (TPSA) is 4.93 Å². The van der Waals surface area contributed by atoms with Crippen LogP contribution in [-0.2, 0) is 13.5 Å². The van der Waals surface area contributed by atoms with E-state index < -0.39 is 0 Å². The lowest BCUT2D eigenvalue weighted by molar-refractivity contribution is 0.875. The average Bonchev–Trinajstić information content (AvgIpc) is 2.50. The number of rotatable bonds is 3. The quantitative estimate of drug-likeness (QED) is 0.679. The van der Waals surface area contributed by atoms with Crippen molar-refractivity contribution in [3.8, 4) is 0 Å². The number of fused-ring (bicyclic) bond motifs is 1. The monoisotopic (exact) mass is 213 g/mol. The molecular formula is C15H19N. The molecule has 1 aromatic heterocycles. The van der Waals surface area contributed by atoms with Crippen molar-refractivity contribution in [3.05, 3.63) is 47.7 Å². The van der Waals surface area contributed by atoms with E-state index in [1.165, 1.54) is 27.7 Å². The van der Waals surface area contributed by atoms with Gasteiger partial charge in [-0.2, -0.15) is 0 Å². The Labute approximate surface area is 97.4 Å². The highest BCUT2D eigenvalue weighted by Crippen LogP contribution is 2.26. The number of para-hydroxylation sites is 1. The lowest BCUT2D eigenvalue weighted by atomic mass is 10.0. The third-order valence-corrected chi connectivity index (χ3v) is 3.33. The first-order valence-corrected chi connectivity index (χ1v) is 5.78. The van der Waals surface area contributed by atoms with Crippen molar-refractivity contribution >= 4 is 10.9 Å². The molecule has 2 aromatic rings. The van der Waals surface area contributed by atoms with E-state index in [1.807, 2.05) is 0 Å². The van der Waals surface area contributed by atoms with Crippen LogP contribution < -0.4 is 0 Å². The zero-order valence-corrected chi connectivity index (χ0v) is 10.4. The molecule has 1 nitrogen and oxygen atoms in total. The number of hydrogen-bond acceptors (Lipinski definition) is 0. The van der Waals surface area contributed by atoms with E-state index in [2.05, 4.69) is 56.3 Å². The number of hydrogen-bond donors (Lipinski definition) is 0. The van der Waals surface area contributed by atoms with Gasteiger partial charge >= 0.3 is 0 Å². The summed E-state index contributed by atoms with van der Waals surface area (Å²) in [6.07, 6.45) is 2.18. The molecule has 1 aromatic carbocycles. The smallest absolute Gasteiger partial charge is 0.0482 e. The molecule has 84 valence electrons. The van der Waals surface area contributed by atoms with Gasteiger partial charge in [0.2, 0.25) is 0 Å². The predicted molar refractivity (Wildman–Crippen MR) is 70.8 cm³/mol. The summed E-state index contributed by atoms with van der Waals surface area (Å²) < 4.78 is 2.28. The SMILES string of the molecule is C=C(C)CCc1c(C)n(C)c2ccccc12. The van der Waals surface area contributed by atoms with E-state index >= 15 is 0 Å². The van der Waals surface area contributed by atoms with Crippen molar-refractivity contribution in [3.63, 3.8) is 0 Å². The summed E-state index contributed by atoms with van der Waals surface area (Å²) in [4.78, 5) is 0. The highest BCUT2D eigenvalue weighted by atomic mass is 14.9. The molecule has 0 aliphatic carbocycles. The van der Waals surface area contributed by atoms with Crippen LogP contribution in [0.2, 0.25) is 0 Å². The van der Waals surface area contributed by atoms with Crippen molar-refractivity contribution in [2.45, 2.75) is 26.7 Å². The first-order chi connectivity index (χ1) is 7.61. The number of aryl methyl sites for hydroxylation is 2. The fraction of sp³-hybridized carbons (Fsp3) is 0.333. The van der Waals surface area contributed by atoms with Gasteiger partial charge in [-0.1, -0.05) is 23.8 Å². The third kappa shape index (κ3) is 1.78. The Morgan fingerprint density at radius 3 is 2.69 bits per heavy atom. The highest BCUT2D eigenvalue weighted by molar-refractivity contribution is 5.85. The number of aromatic nitrogens is 1. The molecule has 0 atom stereocenters. The van der Waals surface area contributed by atoms with Crippen molar-refractivity contribution in [2.75, 3.05) is 0 Å². The molecule has 0 aliphatic rings. The molecule has 0 spiro atoms.